The second-order valence-electron chi connectivity index (χ2n) is 6.15. The van der Waals surface area contributed by atoms with Crippen molar-refractivity contribution in [2.24, 2.45) is 0 Å². The van der Waals surface area contributed by atoms with Crippen LogP contribution >= 0.6 is 0 Å². The SMILES string of the molecule is CN1C(=O)CCc2cc(NC(=O)C3COc4ccccc4O3)ccc21. The van der Waals surface area contributed by atoms with E-state index in [-0.39, 0.29) is 18.4 Å². The summed E-state index contributed by atoms with van der Waals surface area (Å²) in [5.74, 6) is 1.07. The van der Waals surface area contributed by atoms with Gasteiger partial charge in [-0.2, -0.15) is 0 Å². The molecule has 128 valence electrons. The first-order valence-corrected chi connectivity index (χ1v) is 8.20. The lowest BCUT2D eigenvalue weighted by Crippen LogP contribution is -2.40. The van der Waals surface area contributed by atoms with Crippen LogP contribution in [0.1, 0.15) is 12.0 Å². The molecule has 1 atom stereocenters. The van der Waals surface area contributed by atoms with Crippen LogP contribution in [0.25, 0.3) is 0 Å². The molecule has 2 heterocycles. The van der Waals surface area contributed by atoms with Crippen molar-refractivity contribution in [2.45, 2.75) is 18.9 Å². The van der Waals surface area contributed by atoms with E-state index in [1.54, 1.807) is 24.1 Å². The largest absolute Gasteiger partial charge is 0.485 e. The topological polar surface area (TPSA) is 67.9 Å². The van der Waals surface area contributed by atoms with Gasteiger partial charge < -0.3 is 19.7 Å². The van der Waals surface area contributed by atoms with Crippen LogP contribution < -0.4 is 19.7 Å². The summed E-state index contributed by atoms with van der Waals surface area (Å²) in [6.45, 7) is 0.172. The molecule has 1 N–H and O–H groups in total. The molecule has 6 heteroatoms. The van der Waals surface area contributed by atoms with Crippen molar-refractivity contribution in [3.63, 3.8) is 0 Å². The van der Waals surface area contributed by atoms with Crippen LogP contribution in [-0.2, 0) is 16.0 Å². The Hall–Kier alpha value is -3.02. The maximum Gasteiger partial charge on any atom is 0.269 e. The summed E-state index contributed by atoms with van der Waals surface area (Å²) in [7, 11) is 1.77. The smallest absolute Gasteiger partial charge is 0.269 e. The Bertz CT molecular complexity index is 849. The van der Waals surface area contributed by atoms with E-state index >= 15 is 0 Å². The third-order valence-electron chi connectivity index (χ3n) is 4.49. The van der Waals surface area contributed by atoms with Gasteiger partial charge in [0.05, 0.1) is 0 Å². The Kier molecular flexibility index (Phi) is 3.80. The first-order valence-electron chi connectivity index (χ1n) is 8.20. The molecule has 0 aliphatic carbocycles. The first-order chi connectivity index (χ1) is 12.1. The molecule has 0 radical (unpaired) electrons. The lowest BCUT2D eigenvalue weighted by Gasteiger charge is -2.27. The maximum atomic E-state index is 12.5. The number of hydrogen-bond donors (Lipinski definition) is 1. The Morgan fingerprint density at radius 1 is 1.16 bits per heavy atom. The molecule has 0 saturated heterocycles. The second kappa shape index (κ2) is 6.12. The summed E-state index contributed by atoms with van der Waals surface area (Å²) in [4.78, 5) is 25.9. The molecule has 0 fully saturated rings. The number of amides is 2. The van der Waals surface area contributed by atoms with Crippen molar-refractivity contribution >= 4 is 23.2 Å². The van der Waals surface area contributed by atoms with Gasteiger partial charge >= 0.3 is 0 Å². The van der Waals surface area contributed by atoms with Gasteiger partial charge in [0.25, 0.3) is 5.91 Å². The number of benzene rings is 2. The maximum absolute atomic E-state index is 12.5. The monoisotopic (exact) mass is 338 g/mol. The first kappa shape index (κ1) is 15.5. The number of ether oxygens (including phenoxy) is 2. The highest BCUT2D eigenvalue weighted by Gasteiger charge is 2.28. The summed E-state index contributed by atoms with van der Waals surface area (Å²) in [6.07, 6.45) is 0.464. The molecule has 6 nitrogen and oxygen atoms in total. The molecule has 1 unspecified atom stereocenters. The molecule has 25 heavy (non-hydrogen) atoms. The molecule has 0 saturated carbocycles. The van der Waals surface area contributed by atoms with E-state index < -0.39 is 6.10 Å². The second-order valence-corrected chi connectivity index (χ2v) is 6.15. The number of para-hydroxylation sites is 2. The molecule has 0 bridgehead atoms. The van der Waals surface area contributed by atoms with Crippen LogP contribution in [0.2, 0.25) is 0 Å². The number of aryl methyl sites for hydroxylation is 1. The van der Waals surface area contributed by atoms with Crippen LogP contribution in [0.3, 0.4) is 0 Å². The summed E-state index contributed by atoms with van der Waals surface area (Å²) in [5.41, 5.74) is 2.63. The van der Waals surface area contributed by atoms with E-state index in [2.05, 4.69) is 5.32 Å². The van der Waals surface area contributed by atoms with Crippen molar-refractivity contribution in [1.29, 1.82) is 0 Å². The summed E-state index contributed by atoms with van der Waals surface area (Å²) in [5, 5.41) is 2.87. The van der Waals surface area contributed by atoms with Crippen molar-refractivity contribution in [2.75, 3.05) is 23.9 Å². The number of rotatable bonds is 2. The van der Waals surface area contributed by atoms with E-state index in [1.807, 2.05) is 30.3 Å². The standard InChI is InChI=1S/C19H18N2O4/c1-21-14-8-7-13(10-12(14)6-9-18(21)22)20-19(23)17-11-24-15-4-2-3-5-16(15)25-17/h2-5,7-8,10,17H,6,9,11H2,1H3,(H,20,23). The van der Waals surface area contributed by atoms with Crippen LogP contribution in [0.4, 0.5) is 11.4 Å². The van der Waals surface area contributed by atoms with Gasteiger partial charge in [0, 0.05) is 24.8 Å². The Morgan fingerprint density at radius 2 is 1.96 bits per heavy atom. The molecule has 2 aromatic rings. The number of anilines is 2. The van der Waals surface area contributed by atoms with Gasteiger partial charge in [-0.3, -0.25) is 9.59 Å². The predicted octanol–water partition coefficient (Wildman–Crippen LogP) is 2.37. The molecule has 2 aliphatic rings. The predicted molar refractivity (Wildman–Crippen MR) is 93.2 cm³/mol. The molecule has 4 rings (SSSR count). The highest BCUT2D eigenvalue weighted by atomic mass is 16.6. The van der Waals surface area contributed by atoms with Gasteiger partial charge in [-0.25, -0.2) is 0 Å². The van der Waals surface area contributed by atoms with Crippen LogP contribution in [0.5, 0.6) is 11.5 Å². The van der Waals surface area contributed by atoms with Gasteiger partial charge in [-0.05, 0) is 42.3 Å². The van der Waals surface area contributed by atoms with Crippen molar-refractivity contribution < 1.29 is 19.1 Å². The summed E-state index contributed by atoms with van der Waals surface area (Å²) >= 11 is 0. The zero-order valence-electron chi connectivity index (χ0n) is 13.8. The third-order valence-corrected chi connectivity index (χ3v) is 4.49. The van der Waals surface area contributed by atoms with Crippen LogP contribution in [0, 0.1) is 0 Å². The minimum atomic E-state index is -0.699. The molecular formula is C19H18N2O4. The van der Waals surface area contributed by atoms with Crippen molar-refractivity contribution in [3.8, 4) is 11.5 Å². The average Bonchev–Trinajstić information content (AvgIpc) is 2.64. The Morgan fingerprint density at radius 3 is 2.80 bits per heavy atom. The van der Waals surface area contributed by atoms with Crippen molar-refractivity contribution in [3.05, 3.63) is 48.0 Å². The highest BCUT2D eigenvalue weighted by molar-refractivity contribution is 5.98. The molecule has 0 spiro atoms. The van der Waals surface area contributed by atoms with Gasteiger partial charge in [0.1, 0.15) is 6.61 Å². The highest BCUT2D eigenvalue weighted by Crippen LogP contribution is 2.32. The normalized spacial score (nSPS) is 18.5. The zero-order valence-corrected chi connectivity index (χ0v) is 13.8. The lowest BCUT2D eigenvalue weighted by molar-refractivity contribution is -0.125. The molecule has 0 aromatic heterocycles. The fourth-order valence-electron chi connectivity index (χ4n) is 3.11. The van der Waals surface area contributed by atoms with Gasteiger partial charge in [-0.15, -0.1) is 0 Å². The average molecular weight is 338 g/mol. The van der Waals surface area contributed by atoms with Crippen LogP contribution in [0.15, 0.2) is 42.5 Å². The van der Waals surface area contributed by atoms with E-state index in [1.165, 1.54) is 0 Å². The quantitative estimate of drug-likeness (QED) is 0.913. The zero-order chi connectivity index (χ0) is 17.4. The van der Waals surface area contributed by atoms with E-state index in [4.69, 9.17) is 9.47 Å². The van der Waals surface area contributed by atoms with Gasteiger partial charge in [0.2, 0.25) is 12.0 Å². The number of carbonyl (C=O) groups is 2. The number of carbonyl (C=O) groups excluding carboxylic acids is 2. The number of hydrogen-bond acceptors (Lipinski definition) is 4. The van der Waals surface area contributed by atoms with Crippen molar-refractivity contribution in [1.82, 2.24) is 0 Å². The van der Waals surface area contributed by atoms with Gasteiger partial charge in [-0.1, -0.05) is 12.1 Å². The fourth-order valence-corrected chi connectivity index (χ4v) is 3.11. The van der Waals surface area contributed by atoms with E-state index in [0.717, 1.165) is 11.3 Å². The number of nitrogens with zero attached hydrogens (tertiary/aromatic N) is 1. The third kappa shape index (κ3) is 2.91. The fraction of sp³-hybridized carbons (Fsp3) is 0.263. The number of nitrogens with one attached hydrogen (secondary N) is 1. The molecular weight excluding hydrogens is 320 g/mol. The molecule has 2 aromatic carbocycles. The number of fused-ring (bicyclic) bond motifs is 2. The Balaban J connectivity index is 1.48. The Labute approximate surface area is 145 Å². The summed E-state index contributed by atoms with van der Waals surface area (Å²) in [6, 6.07) is 12.8. The van der Waals surface area contributed by atoms with E-state index in [0.29, 0.717) is 30.0 Å². The van der Waals surface area contributed by atoms with Crippen LogP contribution in [-0.4, -0.2) is 31.6 Å². The van der Waals surface area contributed by atoms with E-state index in [9.17, 15) is 9.59 Å². The lowest BCUT2D eigenvalue weighted by atomic mass is 10.0. The minimum absolute atomic E-state index is 0.107. The molecule has 2 amide bonds. The summed E-state index contributed by atoms with van der Waals surface area (Å²) < 4.78 is 11.3. The minimum Gasteiger partial charge on any atom is -0.485 e. The van der Waals surface area contributed by atoms with Gasteiger partial charge in [0.15, 0.2) is 11.5 Å². The molecule has 2 aliphatic heterocycles.